The Morgan fingerprint density at radius 1 is 0.445 bits per heavy atom. The summed E-state index contributed by atoms with van der Waals surface area (Å²) in [5, 5.41) is 72.9. The van der Waals surface area contributed by atoms with Crippen LogP contribution in [0.5, 0.6) is 17.4 Å². The maximum atomic E-state index is 13.5. The second kappa shape index (κ2) is 48.1. The van der Waals surface area contributed by atoms with E-state index in [1.165, 1.54) is 43.7 Å². The molecule has 0 bridgehead atoms. The summed E-state index contributed by atoms with van der Waals surface area (Å²) >= 11 is 0. The molecule has 6 aromatic heterocycles. The van der Waals surface area contributed by atoms with Crippen LogP contribution < -0.4 is 25.1 Å². The molecule has 36 nitrogen and oxygen atoms in total. The molecule has 4 amide bonds. The second-order valence-electron chi connectivity index (χ2n) is 32.0. The van der Waals surface area contributed by atoms with Crippen molar-refractivity contribution < 1.29 is 75.9 Å². The predicted octanol–water partition coefficient (Wildman–Crippen LogP) is 10.4. The Balaban J connectivity index is 0.000000161. The summed E-state index contributed by atoms with van der Waals surface area (Å²) in [6.07, 6.45) is 23.1. The Hall–Kier alpha value is -12.9. The van der Waals surface area contributed by atoms with Crippen molar-refractivity contribution in [1.29, 1.82) is 0 Å². The molecule has 11 heterocycles. The Labute approximate surface area is 743 Å². The molecular weight excluding hydrogens is 1660 g/mol. The number of nitrogens with zero attached hydrogens (tertiary/aromatic N) is 17. The summed E-state index contributed by atoms with van der Waals surface area (Å²) in [6, 6.07) is 45.6. The van der Waals surface area contributed by atoms with Gasteiger partial charge >= 0.3 is 12.1 Å². The summed E-state index contributed by atoms with van der Waals surface area (Å²) in [6.45, 7) is 20.5. The number of aromatic amines is 1. The summed E-state index contributed by atoms with van der Waals surface area (Å²) in [4.78, 5) is 92.1. The molecule has 0 saturated carbocycles. The lowest BCUT2D eigenvalue weighted by atomic mass is 9.99. The van der Waals surface area contributed by atoms with Gasteiger partial charge in [0.15, 0.2) is 0 Å². The van der Waals surface area contributed by atoms with Gasteiger partial charge in [0.25, 0.3) is 33.4 Å². The van der Waals surface area contributed by atoms with Crippen molar-refractivity contribution >= 4 is 39.9 Å². The number of para-hydroxylation sites is 4. The van der Waals surface area contributed by atoms with E-state index in [-0.39, 0.29) is 96.7 Å². The van der Waals surface area contributed by atoms with Crippen LogP contribution in [0.4, 0.5) is 4.79 Å². The molecule has 5 aliphatic heterocycles. The number of aliphatic hydroxyl groups is 3. The molecule has 6 N–H and O–H groups in total. The predicted molar refractivity (Wildman–Crippen MR) is 475 cm³/mol. The van der Waals surface area contributed by atoms with Crippen LogP contribution in [0, 0.1) is 0 Å². The monoisotopic (exact) mass is 1780 g/mol. The molecule has 0 aliphatic carbocycles. The number of piperidine rings is 5. The molecular formula is C91H115N19O17S. The zero-order chi connectivity index (χ0) is 91.8. The number of carbonyl (C=O) groups is 5. The number of hydrogen-bond acceptors (Lipinski definition) is 26. The van der Waals surface area contributed by atoms with E-state index < -0.39 is 34.4 Å². The quantitative estimate of drug-likeness (QED) is 0.0435. The van der Waals surface area contributed by atoms with E-state index in [0.29, 0.717) is 89.6 Å². The number of pyridine rings is 2. The highest BCUT2D eigenvalue weighted by Crippen LogP contribution is 2.30. The molecule has 128 heavy (non-hydrogen) atoms. The van der Waals surface area contributed by atoms with E-state index in [0.717, 1.165) is 75.5 Å². The fourth-order valence-corrected chi connectivity index (χ4v) is 15.2. The fourth-order valence-electron chi connectivity index (χ4n) is 14.5. The van der Waals surface area contributed by atoms with Crippen molar-refractivity contribution in [2.24, 2.45) is 0 Å². The lowest BCUT2D eigenvalue weighted by Gasteiger charge is -2.38. The van der Waals surface area contributed by atoms with Crippen molar-refractivity contribution in [2.45, 2.75) is 206 Å². The maximum Gasteiger partial charge on any atom is 0.410 e. The number of β-amino-alcohol motifs (C(OH)–C–C–N with tert-alkyl or cyclic N) is 3. The summed E-state index contributed by atoms with van der Waals surface area (Å²) in [5.74, 6) is 0.514. The van der Waals surface area contributed by atoms with Gasteiger partial charge < -0.3 is 69.3 Å². The molecule has 5 aromatic carbocycles. The highest BCUT2D eigenvalue weighted by Gasteiger charge is 2.36. The van der Waals surface area contributed by atoms with E-state index in [4.69, 9.17) is 33.3 Å². The number of likely N-dealkylation sites (tertiary alicyclic amines) is 4. The van der Waals surface area contributed by atoms with Crippen molar-refractivity contribution in [1.82, 2.24) is 94.9 Å². The minimum absolute atomic E-state index is 0.00875. The molecule has 0 spiro atoms. The van der Waals surface area contributed by atoms with Gasteiger partial charge in [-0.25, -0.2) is 14.6 Å². The van der Waals surface area contributed by atoms with Crippen molar-refractivity contribution in [3.8, 4) is 40.1 Å². The molecule has 10 atom stereocenters. The van der Waals surface area contributed by atoms with Crippen LogP contribution in [0.2, 0.25) is 0 Å². The Morgan fingerprint density at radius 3 is 1.25 bits per heavy atom. The van der Waals surface area contributed by atoms with Gasteiger partial charge in [0, 0.05) is 74.4 Å². The fraction of sp³-hybridized carbons (Fsp3) is 0.418. The lowest BCUT2D eigenvalue weighted by Crippen LogP contribution is -2.49. The minimum atomic E-state index is -3.56. The average molecular weight is 1780 g/mol. The number of carboxylic acids is 1. The summed E-state index contributed by atoms with van der Waals surface area (Å²) in [7, 11) is -3.56. The van der Waals surface area contributed by atoms with Crippen LogP contribution in [-0.2, 0) is 25.6 Å². The Morgan fingerprint density at radius 2 is 0.828 bits per heavy atom. The first kappa shape index (κ1) is 97.3. The van der Waals surface area contributed by atoms with Crippen molar-refractivity contribution in [2.75, 3.05) is 39.0 Å². The molecule has 0 radical (unpaired) electrons. The van der Waals surface area contributed by atoms with Gasteiger partial charge in [-0.15, -0.1) is 0 Å². The first-order valence-electron chi connectivity index (χ1n) is 42.7. The van der Waals surface area contributed by atoms with Crippen LogP contribution >= 0.6 is 0 Å². The van der Waals surface area contributed by atoms with Crippen LogP contribution in [0.3, 0.4) is 0 Å². The van der Waals surface area contributed by atoms with Crippen LogP contribution in [0.15, 0.2) is 218 Å². The van der Waals surface area contributed by atoms with Gasteiger partial charge in [0.1, 0.15) is 29.9 Å². The van der Waals surface area contributed by atoms with Gasteiger partial charge in [0.2, 0.25) is 5.88 Å². The zero-order valence-corrected chi connectivity index (χ0v) is 74.4. The summed E-state index contributed by atoms with van der Waals surface area (Å²) in [5.41, 5.74) is 4.95. The van der Waals surface area contributed by atoms with E-state index in [1.54, 1.807) is 119 Å². The van der Waals surface area contributed by atoms with Crippen LogP contribution in [-0.4, -0.2) is 260 Å². The molecule has 11 aromatic rings. The van der Waals surface area contributed by atoms with Gasteiger partial charge in [0.05, 0.1) is 145 Å². The topological polar surface area (TPSA) is 440 Å². The number of carbonyl (C=O) groups excluding carboxylic acids is 4. The third kappa shape index (κ3) is 29.6. The van der Waals surface area contributed by atoms with Crippen LogP contribution in [0.1, 0.15) is 174 Å². The van der Waals surface area contributed by atoms with Crippen molar-refractivity contribution in [3.05, 3.63) is 252 Å². The Bertz CT molecular complexity index is 5430. The number of aromatic carboxylic acids is 1. The number of amides is 4. The van der Waals surface area contributed by atoms with Gasteiger partial charge in [-0.2, -0.15) is 68.4 Å². The van der Waals surface area contributed by atoms with Gasteiger partial charge in [-0.1, -0.05) is 78.9 Å². The zero-order valence-electron chi connectivity index (χ0n) is 73.6. The molecule has 5 fully saturated rings. The molecule has 16 rings (SSSR count). The Kier molecular flexibility index (Phi) is 36.6. The number of ether oxygens (including phenoxy) is 4. The van der Waals surface area contributed by atoms with E-state index >= 15 is 0 Å². The van der Waals surface area contributed by atoms with Gasteiger partial charge in [-0.05, 0) is 193 Å². The van der Waals surface area contributed by atoms with E-state index in [2.05, 4.69) is 69.9 Å². The average Bonchev–Trinajstić information content (AvgIpc) is 1.25. The lowest BCUT2D eigenvalue weighted by molar-refractivity contribution is 0.0248. The number of carboxylic acid groups (broad SMARTS) is 1. The smallest absolute Gasteiger partial charge is 0.410 e. The van der Waals surface area contributed by atoms with Crippen LogP contribution in [0.25, 0.3) is 22.7 Å². The molecule has 682 valence electrons. The normalized spacial score (nSPS) is 20.1. The molecule has 0 unspecified atom stereocenters. The third-order valence-corrected chi connectivity index (χ3v) is 21.7. The first-order valence-corrected chi connectivity index (χ1v) is 44.5. The highest BCUT2D eigenvalue weighted by molar-refractivity contribution is 7.86. The number of aromatic nitrogens is 14. The molecule has 5 saturated heterocycles. The number of nitrogens with one attached hydrogen (secondary N) is 2. The number of rotatable bonds is 18. The largest absolute Gasteiger partial charge is 0.491 e. The summed E-state index contributed by atoms with van der Waals surface area (Å²) < 4.78 is 50.3. The van der Waals surface area contributed by atoms with Gasteiger partial charge in [-0.3, -0.25) is 23.4 Å². The molecule has 5 aliphatic rings. The SMILES string of the molecule is CC(C)Oc1cc[nH]c(=O)c1.CC(C)Oc1ccnc(O[C@@H]2CC[C@@H](C)N(C(=O)c3ccccc3-n3nccn3)C2)c1.C[C@@H]1CC[C@H](O)CN1.C[C@@H]1CC[C@H](O)CN1C(=O)OCc1ccccc1.C[C@@H]1CC[C@H](O)CN1C(=O)c1ccccc1-n1nccn1.C[C@@H]1CC[C@H](OS(C)(=O)=O)CN1C(=O)c1ccccc1-n1nccn1.O=C(O)c1ccccc1-n1nccn1. The van der Waals surface area contributed by atoms with E-state index in [1.807, 2.05) is 138 Å². The van der Waals surface area contributed by atoms with Crippen molar-refractivity contribution in [3.63, 3.8) is 0 Å². The second-order valence-corrected chi connectivity index (χ2v) is 33.6. The minimum Gasteiger partial charge on any atom is -0.491 e. The standard InChI is InChI=1S/C23H27N5O3.C16H20N4O4S.C15H18N4O2.C14H19NO3.C9H7N3O2.C8H11NO2.C6H13NO/c1-16(2)30-18-10-11-24-22(14-18)31-19-9-8-17(3)27(15-19)23(29)20-6-4-5-7-21(20)28-25-12-13-26-28;1-12-7-8-13(24-25(2,22)23)11-19(12)16(21)14-5-3-4-6-15(14)20-17-9-10-18-20;1-11-6-7-12(20)10-18(11)15(21)13-4-2-3-5-14(13)19-16-8-9-17-19;1-11-7-8-13(16)9-15(11)14(17)18-10-12-5-3-2-4-6-12;13-9(14)7-3-1-2-4-8(7)12-10-5-6-11-12;1-6(2)11-7-3-4-9-8(10)5-7;1-5-2-3-6(8)4-7-5/h4-7,10-14,16-17,19H,8-9,15H2,1-3H3;3-6,9-10,12-13H,7-8,11H2,1-2H3;2-5,8-9,11-12,20H,6-7,10H2,1H3;2-6,11,13,16H,7-10H2,1H3;1-6H,(H,13,14);3-6H,1-2H3,(H,9,10);5-8H,2-4H2,1H3/t17-,19-;12-,13+;11-,12+;11-,13+;;;5-,6+/m1111..1/s1. The number of benzene rings is 5. The maximum absolute atomic E-state index is 13.5. The van der Waals surface area contributed by atoms with E-state index in [9.17, 15) is 47.4 Å². The highest BCUT2D eigenvalue weighted by atomic mass is 32.2. The number of H-pyrrole nitrogens is 1. The third-order valence-electron chi connectivity index (χ3n) is 21.1. The number of aliphatic hydroxyl groups excluding tert-OH is 3. The first-order chi connectivity index (χ1) is 61.4. The molecule has 37 heteroatoms. The number of hydrogen-bond donors (Lipinski definition) is 6.